The maximum atomic E-state index is 12.8. The Morgan fingerprint density at radius 2 is 1.72 bits per heavy atom. The van der Waals surface area contributed by atoms with Crippen LogP contribution in [0.25, 0.3) is 0 Å². The summed E-state index contributed by atoms with van der Waals surface area (Å²) in [6.45, 7) is 1.03. The van der Waals surface area contributed by atoms with E-state index < -0.39 is 0 Å². The molecule has 5 heteroatoms. The Morgan fingerprint density at radius 1 is 1.08 bits per heavy atom. The number of benzene rings is 1. The minimum absolute atomic E-state index is 0.0590. The quantitative estimate of drug-likeness (QED) is 0.892. The molecule has 1 aliphatic heterocycles. The lowest BCUT2D eigenvalue weighted by Crippen LogP contribution is -2.60. The number of rotatable bonds is 3. The molecule has 1 N–H and O–H groups in total. The predicted octanol–water partition coefficient (Wildman–Crippen LogP) is 3.74. The molecule has 4 saturated carbocycles. The number of carbonyl (C=O) groups is 1. The zero-order chi connectivity index (χ0) is 17.0. The fraction of sp³-hybridized carbons (Fsp3) is 0.650. The number of hydrogen-bond donors (Lipinski definition) is 1. The highest BCUT2D eigenvalue weighted by molar-refractivity contribution is 6.32. The molecule has 25 heavy (non-hydrogen) atoms. The van der Waals surface area contributed by atoms with E-state index in [9.17, 15) is 4.79 Å². The van der Waals surface area contributed by atoms with Gasteiger partial charge >= 0.3 is 0 Å². The summed E-state index contributed by atoms with van der Waals surface area (Å²) in [7, 11) is 0. The molecule has 4 nitrogen and oxygen atoms in total. The van der Waals surface area contributed by atoms with Crippen molar-refractivity contribution in [2.45, 2.75) is 50.5 Å². The van der Waals surface area contributed by atoms with Crippen molar-refractivity contribution in [1.82, 2.24) is 5.32 Å². The van der Waals surface area contributed by atoms with Gasteiger partial charge in [0, 0.05) is 5.54 Å². The molecule has 1 amide bonds. The van der Waals surface area contributed by atoms with Gasteiger partial charge in [0.15, 0.2) is 11.5 Å². The summed E-state index contributed by atoms with van der Waals surface area (Å²) in [4.78, 5) is 12.8. The highest BCUT2D eigenvalue weighted by atomic mass is 35.5. The second-order valence-electron chi connectivity index (χ2n) is 8.52. The van der Waals surface area contributed by atoms with Gasteiger partial charge in [-0.3, -0.25) is 4.79 Å². The lowest BCUT2D eigenvalue weighted by Gasteiger charge is -2.56. The van der Waals surface area contributed by atoms with Crippen molar-refractivity contribution < 1.29 is 14.3 Å². The van der Waals surface area contributed by atoms with Crippen molar-refractivity contribution in [2.24, 2.45) is 17.8 Å². The second-order valence-corrected chi connectivity index (χ2v) is 8.93. The van der Waals surface area contributed by atoms with Crippen molar-refractivity contribution in [3.8, 4) is 11.5 Å². The number of amides is 1. The van der Waals surface area contributed by atoms with E-state index in [-0.39, 0.29) is 11.4 Å². The Labute approximate surface area is 153 Å². The summed E-state index contributed by atoms with van der Waals surface area (Å²) in [6, 6.07) is 3.72. The number of carbonyl (C=O) groups excluding carboxylic acids is 1. The van der Waals surface area contributed by atoms with Crippen LogP contribution in [-0.2, 0) is 11.2 Å². The van der Waals surface area contributed by atoms with Crippen LogP contribution in [0.15, 0.2) is 12.1 Å². The first-order valence-corrected chi connectivity index (χ1v) is 9.85. The van der Waals surface area contributed by atoms with Crippen LogP contribution < -0.4 is 14.8 Å². The molecule has 1 heterocycles. The number of ether oxygens (including phenoxy) is 2. The van der Waals surface area contributed by atoms with Gasteiger partial charge in [-0.2, -0.15) is 0 Å². The molecule has 0 unspecified atom stereocenters. The molecule has 0 aromatic heterocycles. The summed E-state index contributed by atoms with van der Waals surface area (Å²) >= 11 is 6.29. The zero-order valence-corrected chi connectivity index (χ0v) is 15.1. The fourth-order valence-electron chi connectivity index (χ4n) is 6.06. The molecular weight excluding hydrogens is 338 g/mol. The SMILES string of the molecule is O=C(Cc1cc(Cl)c2c(c1)OCCO2)NC12CC3CC(CC(C3)C1)C2. The highest BCUT2D eigenvalue weighted by Crippen LogP contribution is 2.55. The molecule has 6 rings (SSSR count). The fourth-order valence-corrected chi connectivity index (χ4v) is 6.34. The van der Waals surface area contributed by atoms with Crippen LogP contribution in [0.3, 0.4) is 0 Å². The van der Waals surface area contributed by atoms with Crippen molar-refractivity contribution >= 4 is 17.5 Å². The first-order chi connectivity index (χ1) is 12.1. The molecule has 0 saturated heterocycles. The van der Waals surface area contributed by atoms with Gasteiger partial charge in [0.2, 0.25) is 5.91 Å². The minimum atomic E-state index is 0.0590. The monoisotopic (exact) mass is 361 g/mol. The average molecular weight is 362 g/mol. The Kier molecular flexibility index (Phi) is 3.67. The van der Waals surface area contributed by atoms with E-state index in [1.807, 2.05) is 12.1 Å². The standard InChI is InChI=1S/C20H24ClNO3/c21-16-6-12(7-17-19(16)25-2-1-24-17)8-18(23)22-20-9-13-3-14(10-20)5-15(4-13)11-20/h6-7,13-15H,1-5,8-11H2,(H,22,23). The Balaban J connectivity index is 1.30. The smallest absolute Gasteiger partial charge is 0.224 e. The third-order valence-corrected chi connectivity index (χ3v) is 6.74. The minimum Gasteiger partial charge on any atom is -0.486 e. The van der Waals surface area contributed by atoms with Crippen molar-refractivity contribution in [2.75, 3.05) is 13.2 Å². The number of fused-ring (bicyclic) bond motifs is 1. The van der Waals surface area contributed by atoms with Crippen LogP contribution in [0.5, 0.6) is 11.5 Å². The van der Waals surface area contributed by atoms with Gasteiger partial charge in [-0.05, 0) is 74.0 Å². The highest BCUT2D eigenvalue weighted by Gasteiger charge is 2.51. The van der Waals surface area contributed by atoms with Gasteiger partial charge in [0.25, 0.3) is 0 Å². The summed E-state index contributed by atoms with van der Waals surface area (Å²) in [5.74, 6) is 3.84. The van der Waals surface area contributed by atoms with Crippen LogP contribution in [0.4, 0.5) is 0 Å². The van der Waals surface area contributed by atoms with E-state index in [2.05, 4.69) is 5.32 Å². The van der Waals surface area contributed by atoms with Crippen molar-refractivity contribution in [3.05, 3.63) is 22.7 Å². The second kappa shape index (κ2) is 5.80. The van der Waals surface area contributed by atoms with E-state index in [0.29, 0.717) is 36.2 Å². The summed E-state index contributed by atoms with van der Waals surface area (Å²) in [5.41, 5.74) is 0.945. The third-order valence-electron chi connectivity index (χ3n) is 6.46. The average Bonchev–Trinajstić information content (AvgIpc) is 2.52. The normalized spacial score (nSPS) is 34.8. The predicted molar refractivity (Wildman–Crippen MR) is 95.2 cm³/mol. The lowest BCUT2D eigenvalue weighted by molar-refractivity contribution is -0.126. The van der Waals surface area contributed by atoms with Gasteiger partial charge in [-0.25, -0.2) is 0 Å². The van der Waals surface area contributed by atoms with E-state index in [4.69, 9.17) is 21.1 Å². The molecule has 1 aromatic rings. The van der Waals surface area contributed by atoms with E-state index in [1.165, 1.54) is 38.5 Å². The van der Waals surface area contributed by atoms with Gasteiger partial charge in [0.1, 0.15) is 13.2 Å². The number of halogens is 1. The molecule has 4 aliphatic carbocycles. The summed E-state index contributed by atoms with van der Waals surface area (Å²) in [6.07, 6.45) is 8.01. The first kappa shape index (κ1) is 15.8. The van der Waals surface area contributed by atoms with Crippen LogP contribution in [0.2, 0.25) is 5.02 Å². The Bertz CT molecular complexity index is 682. The Morgan fingerprint density at radius 3 is 2.40 bits per heavy atom. The molecule has 134 valence electrons. The summed E-state index contributed by atoms with van der Waals surface area (Å²) in [5, 5.41) is 3.94. The molecule has 4 bridgehead atoms. The van der Waals surface area contributed by atoms with Crippen LogP contribution in [0.1, 0.15) is 44.1 Å². The van der Waals surface area contributed by atoms with Crippen molar-refractivity contribution in [1.29, 1.82) is 0 Å². The van der Waals surface area contributed by atoms with E-state index >= 15 is 0 Å². The molecule has 5 aliphatic rings. The largest absolute Gasteiger partial charge is 0.486 e. The first-order valence-electron chi connectivity index (χ1n) is 9.48. The molecule has 0 radical (unpaired) electrons. The topological polar surface area (TPSA) is 47.6 Å². The number of hydrogen-bond acceptors (Lipinski definition) is 3. The third kappa shape index (κ3) is 2.88. The van der Waals surface area contributed by atoms with Gasteiger partial charge in [-0.15, -0.1) is 0 Å². The molecule has 0 spiro atoms. The van der Waals surface area contributed by atoms with Crippen molar-refractivity contribution in [3.63, 3.8) is 0 Å². The van der Waals surface area contributed by atoms with Gasteiger partial charge in [-0.1, -0.05) is 11.6 Å². The lowest BCUT2D eigenvalue weighted by atomic mass is 9.53. The van der Waals surface area contributed by atoms with Crippen LogP contribution in [-0.4, -0.2) is 24.7 Å². The molecule has 1 aromatic carbocycles. The van der Waals surface area contributed by atoms with Gasteiger partial charge in [0.05, 0.1) is 11.4 Å². The molecular formula is C20H24ClNO3. The van der Waals surface area contributed by atoms with Crippen LogP contribution >= 0.6 is 11.6 Å². The van der Waals surface area contributed by atoms with Crippen LogP contribution in [0, 0.1) is 17.8 Å². The maximum absolute atomic E-state index is 12.8. The summed E-state index contributed by atoms with van der Waals surface area (Å²) < 4.78 is 11.2. The van der Waals surface area contributed by atoms with E-state index in [1.54, 1.807) is 0 Å². The maximum Gasteiger partial charge on any atom is 0.224 e. The zero-order valence-electron chi connectivity index (χ0n) is 14.4. The Hall–Kier alpha value is -1.42. The van der Waals surface area contributed by atoms with E-state index in [0.717, 1.165) is 23.3 Å². The molecule has 4 fully saturated rings. The van der Waals surface area contributed by atoms with Gasteiger partial charge < -0.3 is 14.8 Å². The molecule has 0 atom stereocenters. The number of nitrogens with one attached hydrogen (secondary N) is 1.